The van der Waals surface area contributed by atoms with Crippen molar-refractivity contribution in [3.8, 4) is 11.5 Å². The second-order valence-corrected chi connectivity index (χ2v) is 7.57. The standard InChI is InChI=1S/C16H17Cl2NO4S/c1-10(2)23-12-7-5-4-6-11(12)19-24(20,21)14-9-8-13(22-3)15(17)16(14)18/h4-10,19H,1-3H3. The van der Waals surface area contributed by atoms with E-state index in [0.29, 0.717) is 17.2 Å². The number of hydrogen-bond acceptors (Lipinski definition) is 4. The lowest BCUT2D eigenvalue weighted by Gasteiger charge is -2.16. The van der Waals surface area contributed by atoms with E-state index in [2.05, 4.69) is 4.72 Å². The van der Waals surface area contributed by atoms with Gasteiger partial charge in [0.1, 0.15) is 21.4 Å². The van der Waals surface area contributed by atoms with Gasteiger partial charge in [-0.3, -0.25) is 4.72 Å². The van der Waals surface area contributed by atoms with Gasteiger partial charge >= 0.3 is 0 Å². The number of benzene rings is 2. The Morgan fingerprint density at radius 2 is 1.67 bits per heavy atom. The lowest BCUT2D eigenvalue weighted by Crippen LogP contribution is -2.15. The summed E-state index contributed by atoms with van der Waals surface area (Å²) in [7, 11) is -2.53. The van der Waals surface area contributed by atoms with Crippen LogP contribution in [0.2, 0.25) is 10.0 Å². The number of hydrogen-bond donors (Lipinski definition) is 1. The molecular formula is C16H17Cl2NO4S. The minimum Gasteiger partial charge on any atom is -0.495 e. The summed E-state index contributed by atoms with van der Waals surface area (Å²) in [6.07, 6.45) is -0.102. The molecule has 0 aromatic heterocycles. The fourth-order valence-corrected chi connectivity index (χ4v) is 3.90. The van der Waals surface area contributed by atoms with E-state index in [9.17, 15) is 8.42 Å². The molecule has 0 saturated carbocycles. The number of rotatable bonds is 6. The molecule has 0 aliphatic heterocycles. The van der Waals surface area contributed by atoms with Crippen molar-refractivity contribution in [3.63, 3.8) is 0 Å². The largest absolute Gasteiger partial charge is 0.495 e. The third-order valence-electron chi connectivity index (χ3n) is 3.01. The van der Waals surface area contributed by atoms with Gasteiger partial charge in [0.05, 0.1) is 23.9 Å². The summed E-state index contributed by atoms with van der Waals surface area (Å²) in [5.41, 5.74) is 0.314. The minimum atomic E-state index is -3.95. The molecule has 0 aliphatic carbocycles. The van der Waals surface area contributed by atoms with E-state index in [0.717, 1.165) is 0 Å². The summed E-state index contributed by atoms with van der Waals surface area (Å²) in [5.74, 6) is 0.718. The number of ether oxygens (including phenoxy) is 2. The Labute approximate surface area is 151 Å². The van der Waals surface area contributed by atoms with Gasteiger partial charge in [0, 0.05) is 0 Å². The number of halogens is 2. The van der Waals surface area contributed by atoms with E-state index in [-0.39, 0.29) is 21.0 Å². The van der Waals surface area contributed by atoms with Gasteiger partial charge < -0.3 is 9.47 Å². The van der Waals surface area contributed by atoms with Crippen molar-refractivity contribution in [1.82, 2.24) is 0 Å². The van der Waals surface area contributed by atoms with Crippen LogP contribution in [0.1, 0.15) is 13.8 Å². The molecule has 0 heterocycles. The number of anilines is 1. The lowest BCUT2D eigenvalue weighted by molar-refractivity contribution is 0.244. The summed E-state index contributed by atoms with van der Waals surface area (Å²) in [6.45, 7) is 3.71. The fraction of sp³-hybridized carbons (Fsp3) is 0.250. The predicted molar refractivity (Wildman–Crippen MR) is 96.0 cm³/mol. The maximum Gasteiger partial charge on any atom is 0.263 e. The molecule has 2 aromatic carbocycles. The maximum absolute atomic E-state index is 12.7. The predicted octanol–water partition coefficient (Wildman–Crippen LogP) is 4.59. The van der Waals surface area contributed by atoms with Crippen LogP contribution in [-0.2, 0) is 10.0 Å². The van der Waals surface area contributed by atoms with E-state index >= 15 is 0 Å². The van der Waals surface area contributed by atoms with Crippen LogP contribution in [0.3, 0.4) is 0 Å². The van der Waals surface area contributed by atoms with E-state index in [1.54, 1.807) is 24.3 Å². The first-order valence-electron chi connectivity index (χ1n) is 7.06. The first-order chi connectivity index (χ1) is 11.3. The quantitative estimate of drug-likeness (QED) is 0.784. The van der Waals surface area contributed by atoms with Crippen LogP contribution < -0.4 is 14.2 Å². The molecule has 2 aromatic rings. The average Bonchev–Trinajstić information content (AvgIpc) is 2.51. The fourth-order valence-electron chi connectivity index (χ4n) is 1.99. The van der Waals surface area contributed by atoms with Gasteiger partial charge in [-0.2, -0.15) is 0 Å². The molecule has 5 nitrogen and oxygen atoms in total. The minimum absolute atomic E-state index is 0.0359. The summed E-state index contributed by atoms with van der Waals surface area (Å²) >= 11 is 12.1. The van der Waals surface area contributed by atoms with Crippen molar-refractivity contribution in [3.05, 3.63) is 46.4 Å². The molecule has 0 fully saturated rings. The van der Waals surface area contributed by atoms with Crippen LogP contribution in [-0.4, -0.2) is 21.6 Å². The molecule has 0 aliphatic rings. The summed E-state index contributed by atoms with van der Waals surface area (Å²) < 4.78 is 38.4. The smallest absolute Gasteiger partial charge is 0.263 e. The van der Waals surface area contributed by atoms with Gasteiger partial charge in [-0.15, -0.1) is 0 Å². The molecule has 0 amide bonds. The first-order valence-corrected chi connectivity index (χ1v) is 9.30. The molecule has 0 saturated heterocycles. The van der Waals surface area contributed by atoms with Crippen LogP contribution >= 0.6 is 23.2 Å². The zero-order valence-corrected chi connectivity index (χ0v) is 15.7. The van der Waals surface area contributed by atoms with Gasteiger partial charge in [-0.05, 0) is 38.1 Å². The molecular weight excluding hydrogens is 373 g/mol. The van der Waals surface area contributed by atoms with E-state index in [1.807, 2.05) is 13.8 Å². The van der Waals surface area contributed by atoms with Gasteiger partial charge in [0.15, 0.2) is 0 Å². The normalized spacial score (nSPS) is 11.4. The molecule has 1 N–H and O–H groups in total. The van der Waals surface area contributed by atoms with Crippen molar-refractivity contribution in [2.45, 2.75) is 24.8 Å². The van der Waals surface area contributed by atoms with E-state index < -0.39 is 10.0 Å². The van der Waals surface area contributed by atoms with Crippen molar-refractivity contribution in [2.75, 3.05) is 11.8 Å². The van der Waals surface area contributed by atoms with Crippen LogP contribution in [0.4, 0.5) is 5.69 Å². The number of nitrogens with one attached hydrogen (secondary N) is 1. The number of sulfonamides is 1. The van der Waals surface area contributed by atoms with Crippen molar-refractivity contribution >= 4 is 38.9 Å². The Bertz CT molecular complexity index is 838. The molecule has 0 bridgehead atoms. The number of methoxy groups -OCH3 is 1. The van der Waals surface area contributed by atoms with E-state index in [4.69, 9.17) is 32.7 Å². The zero-order chi connectivity index (χ0) is 17.9. The highest BCUT2D eigenvalue weighted by atomic mass is 35.5. The van der Waals surface area contributed by atoms with Crippen molar-refractivity contribution < 1.29 is 17.9 Å². The monoisotopic (exact) mass is 389 g/mol. The summed E-state index contributed by atoms with van der Waals surface area (Å²) in [5, 5.41) is -0.0699. The molecule has 0 radical (unpaired) electrons. The van der Waals surface area contributed by atoms with E-state index in [1.165, 1.54) is 19.2 Å². The van der Waals surface area contributed by atoms with Crippen LogP contribution in [0.5, 0.6) is 11.5 Å². The second kappa shape index (κ2) is 7.51. The van der Waals surface area contributed by atoms with Gasteiger partial charge in [0.25, 0.3) is 10.0 Å². The molecule has 0 unspecified atom stereocenters. The summed E-state index contributed by atoms with van der Waals surface area (Å²) in [4.78, 5) is -0.144. The third kappa shape index (κ3) is 4.06. The highest BCUT2D eigenvalue weighted by Gasteiger charge is 2.23. The Hall–Kier alpha value is -1.63. The van der Waals surface area contributed by atoms with Crippen LogP contribution in [0.15, 0.2) is 41.3 Å². The molecule has 0 spiro atoms. The molecule has 2 rings (SSSR count). The molecule has 130 valence electrons. The highest BCUT2D eigenvalue weighted by Crippen LogP contribution is 2.37. The van der Waals surface area contributed by atoms with Crippen LogP contribution in [0.25, 0.3) is 0 Å². The van der Waals surface area contributed by atoms with Crippen LogP contribution in [0, 0.1) is 0 Å². The summed E-state index contributed by atoms with van der Waals surface area (Å²) in [6, 6.07) is 9.52. The molecule has 0 atom stereocenters. The Morgan fingerprint density at radius 1 is 1.00 bits per heavy atom. The Balaban J connectivity index is 2.42. The van der Waals surface area contributed by atoms with Crippen molar-refractivity contribution in [2.24, 2.45) is 0 Å². The Kier molecular flexibility index (Phi) is 5.85. The zero-order valence-electron chi connectivity index (χ0n) is 13.3. The third-order valence-corrected chi connectivity index (χ3v) is 5.40. The van der Waals surface area contributed by atoms with Gasteiger partial charge in [-0.25, -0.2) is 8.42 Å². The van der Waals surface area contributed by atoms with Gasteiger partial charge in [-0.1, -0.05) is 35.3 Å². The number of para-hydroxylation sites is 2. The second-order valence-electron chi connectivity index (χ2n) is 5.16. The topological polar surface area (TPSA) is 64.6 Å². The first kappa shape index (κ1) is 18.7. The average molecular weight is 390 g/mol. The highest BCUT2D eigenvalue weighted by molar-refractivity contribution is 7.92. The Morgan fingerprint density at radius 3 is 2.29 bits per heavy atom. The molecule has 8 heteroatoms. The lowest BCUT2D eigenvalue weighted by atomic mass is 10.3. The molecule has 24 heavy (non-hydrogen) atoms. The van der Waals surface area contributed by atoms with Crippen molar-refractivity contribution in [1.29, 1.82) is 0 Å². The SMILES string of the molecule is COc1ccc(S(=O)(=O)Nc2ccccc2OC(C)C)c(Cl)c1Cl. The van der Waals surface area contributed by atoms with Gasteiger partial charge in [0.2, 0.25) is 0 Å². The maximum atomic E-state index is 12.7.